The fraction of sp³-hybridized carbons (Fsp3) is 0.435. The Kier molecular flexibility index (Phi) is 8.40. The molecule has 0 saturated heterocycles. The van der Waals surface area contributed by atoms with E-state index in [0.29, 0.717) is 30.0 Å². The van der Waals surface area contributed by atoms with Gasteiger partial charge < -0.3 is 15.7 Å². The molecule has 8 nitrogen and oxygen atoms in total. The lowest BCUT2D eigenvalue weighted by Gasteiger charge is -2.22. The van der Waals surface area contributed by atoms with E-state index in [9.17, 15) is 14.7 Å². The molecule has 0 aliphatic rings. The van der Waals surface area contributed by atoms with E-state index in [-0.39, 0.29) is 5.91 Å². The SMILES string of the molecule is CCC(C)(C)C(=O)Nc1ccc(NCC(C)(C)O)c(N=CNC(=O)Nc2ccc(C)s2)c1. The number of anilines is 3. The molecule has 1 aromatic carbocycles. The van der Waals surface area contributed by atoms with Gasteiger partial charge in [-0.2, -0.15) is 0 Å². The number of aliphatic hydroxyl groups is 1. The van der Waals surface area contributed by atoms with Gasteiger partial charge in [0.1, 0.15) is 0 Å². The van der Waals surface area contributed by atoms with Gasteiger partial charge in [0.15, 0.2) is 0 Å². The van der Waals surface area contributed by atoms with E-state index in [1.54, 1.807) is 32.0 Å². The molecule has 0 aliphatic heterocycles. The van der Waals surface area contributed by atoms with Gasteiger partial charge in [-0.15, -0.1) is 11.3 Å². The van der Waals surface area contributed by atoms with Crippen LogP contribution in [0.1, 0.15) is 45.9 Å². The second-order valence-electron chi connectivity index (χ2n) is 8.86. The highest BCUT2D eigenvalue weighted by Gasteiger charge is 2.25. The van der Waals surface area contributed by atoms with E-state index in [4.69, 9.17) is 0 Å². The number of aryl methyl sites for hydroxylation is 1. The summed E-state index contributed by atoms with van der Waals surface area (Å²) in [4.78, 5) is 30.1. The van der Waals surface area contributed by atoms with E-state index < -0.39 is 17.0 Å². The minimum Gasteiger partial charge on any atom is -0.389 e. The first kappa shape index (κ1) is 25.4. The molecule has 1 aromatic heterocycles. The van der Waals surface area contributed by atoms with Gasteiger partial charge >= 0.3 is 6.03 Å². The number of aliphatic imine (C=N–C) groups is 1. The number of hydrogen-bond donors (Lipinski definition) is 5. The minimum atomic E-state index is -0.921. The summed E-state index contributed by atoms with van der Waals surface area (Å²) in [6.45, 7) is 11.4. The van der Waals surface area contributed by atoms with Crippen molar-refractivity contribution in [3.05, 3.63) is 35.2 Å². The third-order valence-electron chi connectivity index (χ3n) is 4.84. The molecule has 0 aliphatic carbocycles. The second-order valence-corrected chi connectivity index (χ2v) is 10.1. The smallest absolute Gasteiger partial charge is 0.325 e. The number of nitrogens with zero attached hydrogens (tertiary/aromatic N) is 1. The van der Waals surface area contributed by atoms with Crippen molar-refractivity contribution in [2.45, 2.75) is 53.6 Å². The number of carbonyl (C=O) groups excluding carboxylic acids is 2. The molecule has 0 fully saturated rings. The van der Waals surface area contributed by atoms with Crippen molar-refractivity contribution in [1.82, 2.24) is 5.32 Å². The summed E-state index contributed by atoms with van der Waals surface area (Å²) in [5.74, 6) is -0.0872. The fourth-order valence-corrected chi connectivity index (χ4v) is 3.21. The van der Waals surface area contributed by atoms with Crippen LogP contribution in [0.4, 0.5) is 26.9 Å². The largest absolute Gasteiger partial charge is 0.389 e. The van der Waals surface area contributed by atoms with Gasteiger partial charge in [0.05, 0.1) is 28.3 Å². The Morgan fingerprint density at radius 2 is 1.84 bits per heavy atom. The molecule has 1 heterocycles. The zero-order valence-electron chi connectivity index (χ0n) is 19.5. The van der Waals surface area contributed by atoms with Crippen LogP contribution < -0.4 is 21.3 Å². The highest BCUT2D eigenvalue weighted by molar-refractivity contribution is 7.16. The Hall–Kier alpha value is -2.91. The summed E-state index contributed by atoms with van der Waals surface area (Å²) in [5, 5.41) is 22.2. The summed E-state index contributed by atoms with van der Waals surface area (Å²) < 4.78 is 0. The summed E-state index contributed by atoms with van der Waals surface area (Å²) >= 11 is 1.48. The number of benzene rings is 1. The Morgan fingerprint density at radius 1 is 1.12 bits per heavy atom. The Labute approximate surface area is 193 Å². The quantitative estimate of drug-likeness (QED) is 0.265. The maximum Gasteiger partial charge on any atom is 0.325 e. The Balaban J connectivity index is 2.16. The third kappa shape index (κ3) is 7.97. The maximum absolute atomic E-state index is 12.5. The number of nitrogens with one attached hydrogen (secondary N) is 4. The molecule has 9 heteroatoms. The molecule has 0 bridgehead atoms. The van der Waals surface area contributed by atoms with Crippen LogP contribution in [0.25, 0.3) is 0 Å². The van der Waals surface area contributed by atoms with E-state index in [0.717, 1.165) is 9.88 Å². The van der Waals surface area contributed by atoms with Crippen LogP contribution in [-0.4, -0.2) is 35.5 Å². The molecule has 0 atom stereocenters. The summed E-state index contributed by atoms with van der Waals surface area (Å²) in [5.41, 5.74) is 0.341. The van der Waals surface area contributed by atoms with Crippen molar-refractivity contribution in [1.29, 1.82) is 0 Å². The van der Waals surface area contributed by atoms with E-state index in [2.05, 4.69) is 26.3 Å². The number of rotatable bonds is 9. The van der Waals surface area contributed by atoms with Crippen LogP contribution in [0.2, 0.25) is 0 Å². The van der Waals surface area contributed by atoms with Crippen molar-refractivity contribution in [2.75, 3.05) is 22.5 Å². The van der Waals surface area contributed by atoms with Crippen LogP contribution in [-0.2, 0) is 4.79 Å². The summed E-state index contributed by atoms with van der Waals surface area (Å²) in [6, 6.07) is 8.62. The number of urea groups is 1. The van der Waals surface area contributed by atoms with Gasteiger partial charge in [-0.1, -0.05) is 20.8 Å². The molecule has 2 rings (SSSR count). The molecule has 32 heavy (non-hydrogen) atoms. The van der Waals surface area contributed by atoms with Gasteiger partial charge in [-0.25, -0.2) is 9.79 Å². The molecule has 2 aromatic rings. The average Bonchev–Trinajstić information content (AvgIpc) is 3.11. The predicted molar refractivity (Wildman–Crippen MR) is 133 cm³/mol. The molecule has 0 spiro atoms. The number of amides is 3. The number of hydrogen-bond acceptors (Lipinski definition) is 6. The average molecular weight is 460 g/mol. The fourth-order valence-electron chi connectivity index (χ4n) is 2.45. The molecule has 0 saturated carbocycles. The predicted octanol–water partition coefficient (Wildman–Crippen LogP) is 5.10. The van der Waals surface area contributed by atoms with Gasteiger partial charge in [0.2, 0.25) is 5.91 Å². The Bertz CT molecular complexity index is 976. The first-order valence-corrected chi connectivity index (χ1v) is 11.3. The van der Waals surface area contributed by atoms with Gasteiger partial charge in [-0.3, -0.25) is 15.4 Å². The van der Waals surface area contributed by atoms with Crippen LogP contribution in [0.15, 0.2) is 35.3 Å². The van der Waals surface area contributed by atoms with Crippen molar-refractivity contribution in [3.8, 4) is 0 Å². The number of thiophene rings is 1. The number of carbonyl (C=O) groups is 2. The zero-order chi connectivity index (χ0) is 23.9. The minimum absolute atomic E-state index is 0.0872. The Morgan fingerprint density at radius 3 is 2.44 bits per heavy atom. The van der Waals surface area contributed by atoms with Crippen molar-refractivity contribution in [3.63, 3.8) is 0 Å². The topological polar surface area (TPSA) is 115 Å². The summed E-state index contributed by atoms with van der Waals surface area (Å²) in [7, 11) is 0. The van der Waals surface area contributed by atoms with Crippen molar-refractivity contribution >= 4 is 51.7 Å². The lowest BCUT2D eigenvalue weighted by Crippen LogP contribution is -2.30. The highest BCUT2D eigenvalue weighted by Crippen LogP contribution is 2.30. The molecular formula is C23H33N5O3S. The van der Waals surface area contributed by atoms with E-state index in [1.807, 2.05) is 39.8 Å². The van der Waals surface area contributed by atoms with Crippen LogP contribution >= 0.6 is 11.3 Å². The van der Waals surface area contributed by atoms with Crippen LogP contribution in [0, 0.1) is 12.3 Å². The van der Waals surface area contributed by atoms with E-state index in [1.165, 1.54) is 17.7 Å². The third-order valence-corrected chi connectivity index (χ3v) is 5.76. The molecular weight excluding hydrogens is 426 g/mol. The first-order valence-electron chi connectivity index (χ1n) is 10.5. The normalized spacial score (nSPS) is 12.0. The molecule has 0 radical (unpaired) electrons. The monoisotopic (exact) mass is 459 g/mol. The lowest BCUT2D eigenvalue weighted by molar-refractivity contribution is -0.124. The molecule has 174 valence electrons. The molecule has 3 amide bonds. The maximum atomic E-state index is 12.5. The van der Waals surface area contributed by atoms with E-state index >= 15 is 0 Å². The molecule has 0 unspecified atom stereocenters. The second kappa shape index (κ2) is 10.6. The van der Waals surface area contributed by atoms with Crippen LogP contribution in [0.3, 0.4) is 0 Å². The van der Waals surface area contributed by atoms with Crippen molar-refractivity contribution < 1.29 is 14.7 Å². The zero-order valence-corrected chi connectivity index (χ0v) is 20.3. The highest BCUT2D eigenvalue weighted by atomic mass is 32.1. The van der Waals surface area contributed by atoms with Gasteiger partial charge in [0.25, 0.3) is 0 Å². The first-order chi connectivity index (χ1) is 14.9. The van der Waals surface area contributed by atoms with Gasteiger partial charge in [-0.05, 0) is 57.5 Å². The summed E-state index contributed by atoms with van der Waals surface area (Å²) in [6.07, 6.45) is 2.00. The molecule has 5 N–H and O–H groups in total. The van der Waals surface area contributed by atoms with Crippen LogP contribution in [0.5, 0.6) is 0 Å². The van der Waals surface area contributed by atoms with Crippen molar-refractivity contribution in [2.24, 2.45) is 10.4 Å². The van der Waals surface area contributed by atoms with Gasteiger partial charge in [0, 0.05) is 22.5 Å². The standard InChI is InChI=1S/C23H33N5O3S/c1-7-22(3,4)20(29)27-16-9-10-17(24-13-23(5,6)31)18(12-16)25-14-26-21(30)28-19-11-8-15(2)32-19/h8-12,14,24,31H,7,13H2,1-6H3,(H,27,29)(H2,25,26,28,30). The lowest BCUT2D eigenvalue weighted by atomic mass is 9.89.